The van der Waals surface area contributed by atoms with E-state index >= 15 is 0 Å². The average molecular weight is 266 g/mol. The largest absolute Gasteiger partial charge is 0.497 e. The summed E-state index contributed by atoms with van der Waals surface area (Å²) in [6, 6.07) is 5.93. The predicted molar refractivity (Wildman–Crippen MR) is 80.5 cm³/mol. The fourth-order valence-corrected chi connectivity index (χ4v) is 2.21. The Morgan fingerprint density at radius 2 is 2.00 bits per heavy atom. The summed E-state index contributed by atoms with van der Waals surface area (Å²) < 4.78 is 10.7. The van der Waals surface area contributed by atoms with Crippen molar-refractivity contribution in [3.05, 3.63) is 18.2 Å². The lowest BCUT2D eigenvalue weighted by molar-refractivity contribution is 0.393. The average Bonchev–Trinajstić information content (AvgIpc) is 2.45. The van der Waals surface area contributed by atoms with Gasteiger partial charge in [0.2, 0.25) is 0 Å². The molecule has 1 aromatic rings. The Morgan fingerprint density at radius 3 is 2.53 bits per heavy atom. The number of nitrogens with zero attached hydrogens (tertiary/aromatic N) is 1. The molecule has 1 unspecified atom stereocenters. The molecule has 0 heterocycles. The molecule has 19 heavy (non-hydrogen) atoms. The number of anilines is 1. The summed E-state index contributed by atoms with van der Waals surface area (Å²) in [7, 11) is 7.45. The number of nitrogens with one attached hydrogen (secondary N) is 1. The molecular formula is C15H26N2O2. The van der Waals surface area contributed by atoms with E-state index in [4.69, 9.17) is 9.47 Å². The van der Waals surface area contributed by atoms with Crippen LogP contribution in [0.4, 0.5) is 5.69 Å². The molecule has 0 aliphatic rings. The molecular weight excluding hydrogens is 240 g/mol. The van der Waals surface area contributed by atoms with E-state index in [0.717, 1.165) is 36.7 Å². The van der Waals surface area contributed by atoms with Crippen molar-refractivity contribution in [1.29, 1.82) is 0 Å². The van der Waals surface area contributed by atoms with Crippen LogP contribution in [0.15, 0.2) is 18.2 Å². The van der Waals surface area contributed by atoms with Crippen molar-refractivity contribution in [2.75, 3.05) is 46.3 Å². The van der Waals surface area contributed by atoms with Gasteiger partial charge in [-0.15, -0.1) is 0 Å². The molecule has 0 aromatic heterocycles. The first kappa shape index (κ1) is 15.6. The second-order valence-electron chi connectivity index (χ2n) is 4.75. The lowest BCUT2D eigenvalue weighted by Crippen LogP contribution is -2.31. The highest BCUT2D eigenvalue weighted by Gasteiger charge is 2.13. The first-order valence-corrected chi connectivity index (χ1v) is 6.74. The van der Waals surface area contributed by atoms with E-state index in [0.29, 0.717) is 5.92 Å². The Morgan fingerprint density at radius 1 is 1.26 bits per heavy atom. The number of hydrogen-bond acceptors (Lipinski definition) is 4. The highest BCUT2D eigenvalue weighted by atomic mass is 16.5. The van der Waals surface area contributed by atoms with Crippen LogP contribution in [0.3, 0.4) is 0 Å². The predicted octanol–water partition coefficient (Wildman–Crippen LogP) is 2.39. The number of hydrogen-bond donors (Lipinski definition) is 1. The third-order valence-corrected chi connectivity index (χ3v) is 3.40. The molecule has 1 atom stereocenters. The lowest BCUT2D eigenvalue weighted by atomic mass is 10.1. The van der Waals surface area contributed by atoms with Gasteiger partial charge in [-0.2, -0.15) is 0 Å². The van der Waals surface area contributed by atoms with E-state index in [1.807, 2.05) is 25.2 Å². The van der Waals surface area contributed by atoms with Crippen LogP contribution in [0, 0.1) is 5.92 Å². The summed E-state index contributed by atoms with van der Waals surface area (Å²) in [6.07, 6.45) is 1.16. The fraction of sp³-hybridized carbons (Fsp3) is 0.600. The Labute approximate surface area is 116 Å². The molecule has 108 valence electrons. The molecule has 0 fully saturated rings. The monoisotopic (exact) mass is 266 g/mol. The van der Waals surface area contributed by atoms with E-state index in [1.54, 1.807) is 14.2 Å². The third-order valence-electron chi connectivity index (χ3n) is 3.40. The van der Waals surface area contributed by atoms with Crippen LogP contribution in [-0.4, -0.2) is 41.4 Å². The highest BCUT2D eigenvalue weighted by Crippen LogP contribution is 2.31. The molecule has 0 radical (unpaired) electrons. The van der Waals surface area contributed by atoms with E-state index in [1.165, 1.54) is 0 Å². The molecule has 0 saturated carbocycles. The van der Waals surface area contributed by atoms with Crippen LogP contribution in [-0.2, 0) is 0 Å². The minimum absolute atomic E-state index is 0.627. The van der Waals surface area contributed by atoms with Crippen molar-refractivity contribution in [3.63, 3.8) is 0 Å². The Kier molecular flexibility index (Phi) is 6.50. The van der Waals surface area contributed by atoms with Gasteiger partial charge in [0.1, 0.15) is 11.5 Å². The SMILES string of the molecule is CCC(CNC)CN(C)c1ccc(OC)cc1OC. The van der Waals surface area contributed by atoms with Crippen molar-refractivity contribution < 1.29 is 9.47 Å². The number of methoxy groups -OCH3 is 2. The van der Waals surface area contributed by atoms with Gasteiger partial charge in [-0.05, 0) is 31.6 Å². The van der Waals surface area contributed by atoms with Gasteiger partial charge in [-0.1, -0.05) is 13.3 Å². The molecule has 0 aliphatic carbocycles. The maximum absolute atomic E-state index is 5.45. The van der Waals surface area contributed by atoms with Crippen LogP contribution >= 0.6 is 0 Å². The van der Waals surface area contributed by atoms with Gasteiger partial charge in [0, 0.05) is 19.7 Å². The fourth-order valence-electron chi connectivity index (χ4n) is 2.21. The summed E-state index contributed by atoms with van der Waals surface area (Å²) in [5.41, 5.74) is 1.10. The molecule has 1 N–H and O–H groups in total. The third kappa shape index (κ3) is 4.31. The van der Waals surface area contributed by atoms with Crippen LogP contribution in [0.2, 0.25) is 0 Å². The zero-order valence-corrected chi connectivity index (χ0v) is 12.7. The molecule has 0 bridgehead atoms. The number of ether oxygens (including phenoxy) is 2. The zero-order chi connectivity index (χ0) is 14.3. The Balaban J connectivity index is 2.83. The van der Waals surface area contributed by atoms with Crippen LogP contribution < -0.4 is 19.7 Å². The van der Waals surface area contributed by atoms with Crippen LogP contribution in [0.25, 0.3) is 0 Å². The molecule has 0 aliphatic heterocycles. The minimum atomic E-state index is 0.627. The van der Waals surface area contributed by atoms with E-state index in [2.05, 4.69) is 24.2 Å². The van der Waals surface area contributed by atoms with Crippen molar-refractivity contribution in [3.8, 4) is 11.5 Å². The Bertz CT molecular complexity index is 382. The van der Waals surface area contributed by atoms with Crippen LogP contribution in [0.1, 0.15) is 13.3 Å². The minimum Gasteiger partial charge on any atom is -0.497 e. The summed E-state index contributed by atoms with van der Waals surface area (Å²) >= 11 is 0. The first-order chi connectivity index (χ1) is 9.15. The molecule has 4 nitrogen and oxygen atoms in total. The summed E-state index contributed by atoms with van der Waals surface area (Å²) in [5, 5.41) is 3.24. The van der Waals surface area contributed by atoms with Crippen LogP contribution in [0.5, 0.6) is 11.5 Å². The molecule has 1 rings (SSSR count). The van der Waals surface area contributed by atoms with Gasteiger partial charge in [0.05, 0.1) is 19.9 Å². The van der Waals surface area contributed by atoms with Gasteiger partial charge in [-0.3, -0.25) is 0 Å². The summed E-state index contributed by atoms with van der Waals surface area (Å²) in [4.78, 5) is 2.24. The Hall–Kier alpha value is -1.42. The summed E-state index contributed by atoms with van der Waals surface area (Å²) in [5.74, 6) is 2.29. The topological polar surface area (TPSA) is 33.7 Å². The van der Waals surface area contributed by atoms with E-state index < -0.39 is 0 Å². The zero-order valence-electron chi connectivity index (χ0n) is 12.7. The molecule has 0 spiro atoms. The quantitative estimate of drug-likeness (QED) is 0.783. The van der Waals surface area contributed by atoms with E-state index in [9.17, 15) is 0 Å². The highest BCUT2D eigenvalue weighted by molar-refractivity contribution is 5.60. The van der Waals surface area contributed by atoms with Gasteiger partial charge < -0.3 is 19.7 Å². The molecule has 1 aromatic carbocycles. The second kappa shape index (κ2) is 7.89. The van der Waals surface area contributed by atoms with E-state index in [-0.39, 0.29) is 0 Å². The molecule has 4 heteroatoms. The smallest absolute Gasteiger partial charge is 0.145 e. The standard InChI is InChI=1S/C15H26N2O2/c1-6-12(10-16-2)11-17(3)14-8-7-13(18-4)9-15(14)19-5/h7-9,12,16H,6,10-11H2,1-5H3. The molecule has 0 amide bonds. The van der Waals surface area contributed by atoms with Crippen molar-refractivity contribution >= 4 is 5.69 Å². The number of benzene rings is 1. The van der Waals surface area contributed by atoms with Crippen molar-refractivity contribution in [1.82, 2.24) is 5.32 Å². The van der Waals surface area contributed by atoms with Gasteiger partial charge in [-0.25, -0.2) is 0 Å². The van der Waals surface area contributed by atoms with Gasteiger partial charge in [0.25, 0.3) is 0 Å². The summed E-state index contributed by atoms with van der Waals surface area (Å²) in [6.45, 7) is 4.25. The maximum Gasteiger partial charge on any atom is 0.145 e. The number of rotatable bonds is 8. The normalized spacial score (nSPS) is 12.1. The van der Waals surface area contributed by atoms with Crippen molar-refractivity contribution in [2.24, 2.45) is 5.92 Å². The maximum atomic E-state index is 5.45. The molecule has 0 saturated heterocycles. The first-order valence-electron chi connectivity index (χ1n) is 6.74. The van der Waals surface area contributed by atoms with Gasteiger partial charge in [0.15, 0.2) is 0 Å². The second-order valence-corrected chi connectivity index (χ2v) is 4.75. The van der Waals surface area contributed by atoms with Gasteiger partial charge >= 0.3 is 0 Å². The lowest BCUT2D eigenvalue weighted by Gasteiger charge is -2.26. The van der Waals surface area contributed by atoms with Crippen molar-refractivity contribution in [2.45, 2.75) is 13.3 Å².